The van der Waals surface area contributed by atoms with Crippen molar-refractivity contribution in [3.63, 3.8) is 0 Å². The lowest BCUT2D eigenvalue weighted by Crippen LogP contribution is -2.06. The molecule has 0 aliphatic heterocycles. The monoisotopic (exact) mass is 640 g/mol. The van der Waals surface area contributed by atoms with Gasteiger partial charge in [0.25, 0.3) is 0 Å². The van der Waals surface area contributed by atoms with Gasteiger partial charge in [-0.15, -0.1) is 0 Å². The number of phenolic OH excluding ortho intramolecular Hbond substituents is 1. The number of aromatic carboxylic acids is 1. The molecule has 0 radical (unpaired) electrons. The Morgan fingerprint density at radius 1 is 0.522 bits per heavy atom. The summed E-state index contributed by atoms with van der Waals surface area (Å²) in [5.41, 5.74) is 0.492. The lowest BCUT2D eigenvalue weighted by Gasteiger charge is -2.08. The van der Waals surface area contributed by atoms with Crippen molar-refractivity contribution in [2.24, 2.45) is 0 Å². The van der Waals surface area contributed by atoms with Gasteiger partial charge in [0.2, 0.25) is 0 Å². The highest BCUT2D eigenvalue weighted by molar-refractivity contribution is 5.92. The molecule has 0 heterocycles. The number of aromatic hydroxyl groups is 1. The van der Waals surface area contributed by atoms with Crippen LogP contribution in [0.3, 0.4) is 0 Å². The van der Waals surface area contributed by atoms with Crippen molar-refractivity contribution >= 4 is 11.9 Å². The molecule has 260 valence electrons. The second-order valence-corrected chi connectivity index (χ2v) is 12.4. The number of hydrogen-bond acceptors (Lipinski definition) is 5. The zero-order valence-corrected chi connectivity index (χ0v) is 29.1. The van der Waals surface area contributed by atoms with Crippen LogP contribution in [0.5, 0.6) is 11.5 Å². The topological polar surface area (TPSA) is 93.1 Å². The van der Waals surface area contributed by atoms with Crippen LogP contribution in [0.1, 0.15) is 176 Å². The highest BCUT2D eigenvalue weighted by Crippen LogP contribution is 2.19. The van der Waals surface area contributed by atoms with Gasteiger partial charge >= 0.3 is 11.9 Å². The fraction of sp³-hybridized carbons (Fsp3) is 0.650. The van der Waals surface area contributed by atoms with Crippen LogP contribution in [-0.4, -0.2) is 35.4 Å². The average Bonchev–Trinajstić information content (AvgIpc) is 3.06. The van der Waals surface area contributed by atoms with Crippen LogP contribution in [0.4, 0.5) is 0 Å². The van der Waals surface area contributed by atoms with E-state index in [2.05, 4.69) is 13.8 Å². The Kier molecular flexibility index (Phi) is 26.2. The molecule has 0 aliphatic rings. The van der Waals surface area contributed by atoms with E-state index in [1.807, 2.05) is 6.07 Å². The Labute approximate surface area is 280 Å². The van der Waals surface area contributed by atoms with E-state index in [4.69, 9.17) is 14.6 Å². The average molecular weight is 641 g/mol. The molecule has 2 N–H and O–H groups in total. The van der Waals surface area contributed by atoms with E-state index in [1.54, 1.807) is 36.4 Å². The number of carbonyl (C=O) groups is 2. The number of benzene rings is 2. The Bertz CT molecular complexity index is 1020. The van der Waals surface area contributed by atoms with Crippen molar-refractivity contribution in [1.82, 2.24) is 0 Å². The normalized spacial score (nSPS) is 10.7. The fourth-order valence-corrected chi connectivity index (χ4v) is 5.37. The molecule has 6 heteroatoms. The number of hydrogen-bond donors (Lipinski definition) is 2. The van der Waals surface area contributed by atoms with Gasteiger partial charge in [0.15, 0.2) is 0 Å². The van der Waals surface area contributed by atoms with Crippen molar-refractivity contribution in [2.75, 3.05) is 13.2 Å². The first-order valence-electron chi connectivity index (χ1n) is 18.4. The van der Waals surface area contributed by atoms with Crippen LogP contribution in [0, 0.1) is 0 Å². The minimum atomic E-state index is -0.931. The molecule has 0 spiro atoms. The predicted octanol–water partition coefficient (Wildman–Crippen LogP) is 11.9. The molecule has 0 aliphatic carbocycles. The van der Waals surface area contributed by atoms with Crippen LogP contribution in [0.15, 0.2) is 48.5 Å². The summed E-state index contributed by atoms with van der Waals surface area (Å²) in [6.45, 7) is 5.54. The van der Waals surface area contributed by atoms with Gasteiger partial charge in [-0.2, -0.15) is 0 Å². The number of esters is 1. The van der Waals surface area contributed by atoms with E-state index in [-0.39, 0.29) is 16.9 Å². The lowest BCUT2D eigenvalue weighted by atomic mass is 10.1. The second-order valence-electron chi connectivity index (χ2n) is 12.4. The van der Waals surface area contributed by atoms with E-state index < -0.39 is 11.9 Å². The van der Waals surface area contributed by atoms with Gasteiger partial charge in [-0.25, -0.2) is 9.59 Å². The predicted molar refractivity (Wildman–Crippen MR) is 190 cm³/mol. The minimum absolute atomic E-state index is 0.0172. The summed E-state index contributed by atoms with van der Waals surface area (Å²) < 4.78 is 10.8. The first kappa shape index (κ1) is 41.0. The summed E-state index contributed by atoms with van der Waals surface area (Å²) in [5.74, 6) is -0.904. The first-order valence-corrected chi connectivity index (χ1v) is 18.4. The molecule has 0 atom stereocenters. The third-order valence-corrected chi connectivity index (χ3v) is 8.23. The molecule has 2 aromatic carbocycles. The van der Waals surface area contributed by atoms with Gasteiger partial charge in [-0.05, 0) is 37.1 Å². The van der Waals surface area contributed by atoms with Crippen molar-refractivity contribution in [3.05, 3.63) is 59.7 Å². The third-order valence-electron chi connectivity index (χ3n) is 8.23. The van der Waals surface area contributed by atoms with Crippen molar-refractivity contribution < 1.29 is 29.3 Å². The number of rotatable bonds is 27. The van der Waals surface area contributed by atoms with E-state index in [1.165, 1.54) is 122 Å². The van der Waals surface area contributed by atoms with E-state index >= 15 is 0 Å². The van der Waals surface area contributed by atoms with Gasteiger partial charge in [0.05, 0.1) is 13.2 Å². The summed E-state index contributed by atoms with van der Waals surface area (Å²) in [6.07, 6.45) is 28.3. The summed E-state index contributed by atoms with van der Waals surface area (Å²) in [4.78, 5) is 22.8. The van der Waals surface area contributed by atoms with Gasteiger partial charge in [-0.3, -0.25) is 0 Å². The Morgan fingerprint density at radius 2 is 0.913 bits per heavy atom. The number of unbranched alkanes of at least 4 members (excludes halogenated alkanes) is 20. The lowest BCUT2D eigenvalue weighted by molar-refractivity contribution is 0.0494. The first-order chi connectivity index (χ1) is 22.5. The van der Waals surface area contributed by atoms with Gasteiger partial charge in [0.1, 0.15) is 22.6 Å². The third kappa shape index (κ3) is 21.7. The minimum Gasteiger partial charge on any atom is -0.507 e. The summed E-state index contributed by atoms with van der Waals surface area (Å²) in [5, 5.41) is 18.6. The molecule has 0 amide bonds. The standard InChI is InChI=1S/2C20H32O3/c1-2-3-4-5-6-7-8-9-10-11-14-17-23-19-16-13-12-15-18(19)20(21)22;1-2-3-4-5-6-7-8-9-10-11-14-17-23-20(22)18-15-12-13-16-19(18)21/h12-13,15-16H,2-11,14,17H2,1H3,(H,21,22);12-13,15-16,21H,2-11,14,17H2,1H3. The van der Waals surface area contributed by atoms with Crippen LogP contribution in [0.25, 0.3) is 0 Å². The SMILES string of the molecule is CCCCCCCCCCCCCOC(=O)c1ccccc1O.CCCCCCCCCCCCCOc1ccccc1C(=O)O. The van der Waals surface area contributed by atoms with Crippen LogP contribution >= 0.6 is 0 Å². The number of carboxylic acid groups (broad SMARTS) is 1. The molecule has 0 unspecified atom stereocenters. The smallest absolute Gasteiger partial charge is 0.341 e. The highest BCUT2D eigenvalue weighted by Gasteiger charge is 2.11. The Balaban J connectivity index is 0.000000460. The maximum absolute atomic E-state index is 11.8. The molecule has 0 aromatic heterocycles. The molecule has 0 bridgehead atoms. The molecular weight excluding hydrogens is 576 g/mol. The molecule has 2 rings (SSSR count). The van der Waals surface area contributed by atoms with Crippen molar-refractivity contribution in [1.29, 1.82) is 0 Å². The van der Waals surface area contributed by atoms with Gasteiger partial charge in [0, 0.05) is 0 Å². The van der Waals surface area contributed by atoms with E-state index in [0.29, 0.717) is 19.0 Å². The van der Waals surface area contributed by atoms with E-state index in [0.717, 1.165) is 25.7 Å². The summed E-state index contributed by atoms with van der Waals surface area (Å²) in [7, 11) is 0. The molecule has 46 heavy (non-hydrogen) atoms. The molecular formula is C40H64O6. The van der Waals surface area contributed by atoms with Crippen LogP contribution in [0.2, 0.25) is 0 Å². The highest BCUT2D eigenvalue weighted by atomic mass is 16.5. The molecule has 0 saturated carbocycles. The zero-order chi connectivity index (χ0) is 33.5. The number of ether oxygens (including phenoxy) is 2. The number of phenols is 1. The molecule has 6 nitrogen and oxygen atoms in total. The summed E-state index contributed by atoms with van der Waals surface area (Å²) in [6, 6.07) is 13.3. The van der Waals surface area contributed by atoms with Crippen molar-refractivity contribution in [3.8, 4) is 11.5 Å². The van der Waals surface area contributed by atoms with Gasteiger partial charge < -0.3 is 19.7 Å². The molecule has 2 aromatic rings. The van der Waals surface area contributed by atoms with Gasteiger partial charge in [-0.1, -0.05) is 167 Å². The Morgan fingerprint density at radius 3 is 1.37 bits per heavy atom. The number of carboxylic acids is 1. The largest absolute Gasteiger partial charge is 0.507 e. The maximum atomic E-state index is 11.8. The second kappa shape index (κ2) is 29.4. The quantitative estimate of drug-likeness (QED) is 0.0745. The summed E-state index contributed by atoms with van der Waals surface area (Å²) >= 11 is 0. The number of carbonyl (C=O) groups excluding carboxylic acids is 1. The number of para-hydroxylation sites is 2. The van der Waals surface area contributed by atoms with Crippen molar-refractivity contribution in [2.45, 2.75) is 155 Å². The van der Waals surface area contributed by atoms with E-state index in [9.17, 15) is 14.7 Å². The molecule has 0 fully saturated rings. The fourth-order valence-electron chi connectivity index (χ4n) is 5.37. The molecule has 0 saturated heterocycles. The van der Waals surface area contributed by atoms with Crippen LogP contribution < -0.4 is 4.74 Å². The van der Waals surface area contributed by atoms with Crippen LogP contribution in [-0.2, 0) is 4.74 Å². The Hall–Kier alpha value is -3.02. The zero-order valence-electron chi connectivity index (χ0n) is 29.1. The maximum Gasteiger partial charge on any atom is 0.341 e.